The van der Waals surface area contributed by atoms with Crippen LogP contribution in [0.15, 0.2) is 30.3 Å². The molecule has 0 spiro atoms. The third-order valence-electron chi connectivity index (χ3n) is 5.52. The van der Waals surface area contributed by atoms with Crippen LogP contribution >= 0.6 is 0 Å². The Morgan fingerprint density at radius 1 is 1.36 bits per heavy atom. The highest BCUT2D eigenvalue weighted by Crippen LogP contribution is 2.44. The van der Waals surface area contributed by atoms with Crippen LogP contribution in [0.25, 0.3) is 11.3 Å². The van der Waals surface area contributed by atoms with Crippen molar-refractivity contribution in [1.82, 2.24) is 9.88 Å². The maximum atomic E-state index is 13.4. The van der Waals surface area contributed by atoms with E-state index in [1.54, 1.807) is 30.9 Å². The van der Waals surface area contributed by atoms with Gasteiger partial charge in [-0.05, 0) is 38.2 Å². The van der Waals surface area contributed by atoms with Crippen molar-refractivity contribution in [3.8, 4) is 23.1 Å². The van der Waals surface area contributed by atoms with Gasteiger partial charge in [0, 0.05) is 24.2 Å². The quantitative estimate of drug-likeness (QED) is 0.865. The smallest absolute Gasteiger partial charge is 0.255 e. The number of amides is 1. The molecule has 1 aliphatic carbocycles. The van der Waals surface area contributed by atoms with E-state index in [2.05, 4.69) is 4.98 Å². The fourth-order valence-corrected chi connectivity index (χ4v) is 4.26. The zero-order chi connectivity index (χ0) is 20.1. The summed E-state index contributed by atoms with van der Waals surface area (Å²) in [6.45, 7) is 4.02. The van der Waals surface area contributed by atoms with E-state index in [0.29, 0.717) is 35.0 Å². The van der Waals surface area contributed by atoms with Crippen LogP contribution in [0.3, 0.4) is 0 Å². The van der Waals surface area contributed by atoms with Gasteiger partial charge in [0.2, 0.25) is 0 Å². The number of benzene rings is 1. The van der Waals surface area contributed by atoms with E-state index in [-0.39, 0.29) is 17.6 Å². The Morgan fingerprint density at radius 3 is 2.71 bits per heavy atom. The van der Waals surface area contributed by atoms with Crippen LogP contribution < -0.4 is 4.74 Å². The van der Waals surface area contributed by atoms with Gasteiger partial charge in [0.15, 0.2) is 0 Å². The number of hydrogen-bond donors (Lipinski definition) is 1. The normalized spacial score (nSPS) is 17.2. The fourth-order valence-electron chi connectivity index (χ4n) is 4.26. The highest BCUT2D eigenvalue weighted by Gasteiger charge is 2.48. The third-order valence-corrected chi connectivity index (χ3v) is 5.52. The Labute approximate surface area is 164 Å². The van der Waals surface area contributed by atoms with Gasteiger partial charge in [-0.2, -0.15) is 5.26 Å². The summed E-state index contributed by atoms with van der Waals surface area (Å²) in [5.41, 5.74) is 2.00. The predicted molar refractivity (Wildman–Crippen MR) is 104 cm³/mol. The molecule has 1 aromatic carbocycles. The standard InChI is InChI=1S/C22H23N3O3/c1-22(2,27)20(13-7-8-13)25-12-14-5-4-6-17(19(14)21(25)26)18-10-16(28-3)9-15(11-23)24-18/h4-6,9-10,13,20,27H,7-8,12H2,1-3H3. The van der Waals surface area contributed by atoms with E-state index in [9.17, 15) is 15.2 Å². The van der Waals surface area contributed by atoms with E-state index in [0.717, 1.165) is 18.4 Å². The van der Waals surface area contributed by atoms with Gasteiger partial charge in [-0.3, -0.25) is 4.79 Å². The molecule has 6 heteroatoms. The molecule has 144 valence electrons. The van der Waals surface area contributed by atoms with Crippen molar-refractivity contribution in [3.63, 3.8) is 0 Å². The van der Waals surface area contributed by atoms with Gasteiger partial charge in [-0.25, -0.2) is 4.98 Å². The van der Waals surface area contributed by atoms with Crippen molar-refractivity contribution >= 4 is 5.91 Å². The van der Waals surface area contributed by atoms with Crippen molar-refractivity contribution in [2.75, 3.05) is 7.11 Å². The molecule has 28 heavy (non-hydrogen) atoms. The summed E-state index contributed by atoms with van der Waals surface area (Å²) in [6, 6.07) is 10.8. The van der Waals surface area contributed by atoms with Crippen LogP contribution in [0.2, 0.25) is 0 Å². The summed E-state index contributed by atoms with van der Waals surface area (Å²) in [7, 11) is 1.53. The van der Waals surface area contributed by atoms with Crippen molar-refractivity contribution in [2.45, 2.75) is 44.9 Å². The minimum atomic E-state index is -0.971. The van der Waals surface area contributed by atoms with Crippen LogP contribution in [0.4, 0.5) is 0 Å². The molecule has 1 unspecified atom stereocenters. The molecule has 6 nitrogen and oxygen atoms in total. The van der Waals surface area contributed by atoms with Crippen LogP contribution in [-0.2, 0) is 6.54 Å². The molecule has 1 N–H and O–H groups in total. The second kappa shape index (κ2) is 6.61. The maximum absolute atomic E-state index is 13.4. The number of pyridine rings is 1. The van der Waals surface area contributed by atoms with Gasteiger partial charge in [-0.15, -0.1) is 0 Å². The number of fused-ring (bicyclic) bond motifs is 1. The van der Waals surface area contributed by atoms with Gasteiger partial charge in [-0.1, -0.05) is 18.2 Å². The Morgan fingerprint density at radius 2 is 2.11 bits per heavy atom. The highest BCUT2D eigenvalue weighted by atomic mass is 16.5. The first-order chi connectivity index (χ1) is 13.3. The zero-order valence-corrected chi connectivity index (χ0v) is 16.3. The summed E-state index contributed by atoms with van der Waals surface area (Å²) in [5, 5.41) is 20.0. The van der Waals surface area contributed by atoms with Gasteiger partial charge in [0.05, 0.1) is 30.0 Å². The predicted octanol–water partition coefficient (Wildman–Crippen LogP) is 3.13. The second-order valence-electron chi connectivity index (χ2n) is 8.10. The molecular weight excluding hydrogens is 354 g/mol. The summed E-state index contributed by atoms with van der Waals surface area (Å²) >= 11 is 0. The third kappa shape index (κ3) is 3.12. The van der Waals surface area contributed by atoms with E-state index < -0.39 is 5.60 Å². The van der Waals surface area contributed by atoms with Crippen molar-refractivity contribution in [3.05, 3.63) is 47.2 Å². The first-order valence-electron chi connectivity index (χ1n) is 9.45. The van der Waals surface area contributed by atoms with Gasteiger partial charge < -0.3 is 14.7 Å². The number of hydrogen-bond acceptors (Lipinski definition) is 5. The van der Waals surface area contributed by atoms with E-state index in [1.165, 1.54) is 7.11 Å². The molecule has 4 rings (SSSR count). The molecule has 1 saturated carbocycles. The lowest BCUT2D eigenvalue weighted by molar-refractivity contribution is -0.0224. The van der Waals surface area contributed by atoms with Crippen LogP contribution in [-0.4, -0.2) is 39.7 Å². The van der Waals surface area contributed by atoms with Crippen LogP contribution in [0, 0.1) is 17.2 Å². The average Bonchev–Trinajstić information content (AvgIpc) is 3.44. The van der Waals surface area contributed by atoms with Gasteiger partial charge in [0.1, 0.15) is 17.5 Å². The minimum absolute atomic E-state index is 0.0900. The van der Waals surface area contributed by atoms with E-state index in [1.807, 2.05) is 24.3 Å². The summed E-state index contributed by atoms with van der Waals surface area (Å²) < 4.78 is 5.29. The maximum Gasteiger partial charge on any atom is 0.255 e. The molecule has 2 aromatic rings. The second-order valence-corrected chi connectivity index (χ2v) is 8.10. The number of methoxy groups -OCH3 is 1. The van der Waals surface area contributed by atoms with Gasteiger partial charge in [0.25, 0.3) is 5.91 Å². The van der Waals surface area contributed by atoms with Crippen LogP contribution in [0.5, 0.6) is 5.75 Å². The van der Waals surface area contributed by atoms with Crippen molar-refractivity contribution in [2.24, 2.45) is 5.92 Å². The molecular formula is C22H23N3O3. The Hall–Kier alpha value is -2.91. The summed E-state index contributed by atoms with van der Waals surface area (Å²) in [6.07, 6.45) is 2.06. The minimum Gasteiger partial charge on any atom is -0.497 e. The largest absolute Gasteiger partial charge is 0.497 e. The summed E-state index contributed by atoms with van der Waals surface area (Å²) in [5.74, 6) is 0.767. The SMILES string of the molecule is COc1cc(C#N)nc(-c2cccc3c2C(=O)N(C(C2CC2)C(C)(C)O)C3)c1. The Balaban J connectivity index is 1.79. The molecule has 1 amide bonds. The number of aliphatic hydroxyl groups is 1. The van der Waals surface area contributed by atoms with Crippen molar-refractivity contribution in [1.29, 1.82) is 5.26 Å². The topological polar surface area (TPSA) is 86.5 Å². The number of nitrogens with zero attached hydrogens (tertiary/aromatic N) is 3. The van der Waals surface area contributed by atoms with Crippen molar-refractivity contribution < 1.29 is 14.6 Å². The number of rotatable bonds is 5. The lowest BCUT2D eigenvalue weighted by Crippen LogP contribution is -2.51. The number of carbonyl (C=O) groups excluding carboxylic acids is 1. The molecule has 1 aromatic heterocycles. The lowest BCUT2D eigenvalue weighted by Gasteiger charge is -2.37. The molecule has 1 aliphatic heterocycles. The molecule has 1 fully saturated rings. The zero-order valence-electron chi connectivity index (χ0n) is 16.3. The highest BCUT2D eigenvalue weighted by molar-refractivity contribution is 6.04. The average molecular weight is 377 g/mol. The molecule has 1 atom stereocenters. The summed E-state index contributed by atoms with van der Waals surface area (Å²) in [4.78, 5) is 19.6. The van der Waals surface area contributed by atoms with Crippen LogP contribution in [0.1, 0.15) is 48.3 Å². The molecule has 0 bridgehead atoms. The monoisotopic (exact) mass is 377 g/mol. The molecule has 2 aliphatic rings. The molecule has 0 radical (unpaired) electrons. The molecule has 0 saturated heterocycles. The van der Waals surface area contributed by atoms with Gasteiger partial charge >= 0.3 is 0 Å². The Kier molecular flexibility index (Phi) is 4.35. The number of nitriles is 1. The number of carbonyl (C=O) groups is 1. The van der Waals surface area contributed by atoms with E-state index >= 15 is 0 Å². The fraction of sp³-hybridized carbons (Fsp3) is 0.409. The number of ether oxygens (including phenoxy) is 1. The van der Waals surface area contributed by atoms with E-state index in [4.69, 9.17) is 4.74 Å². The first kappa shape index (κ1) is 18.5. The first-order valence-corrected chi connectivity index (χ1v) is 9.45. The Bertz CT molecular complexity index is 983. The molecule has 2 heterocycles. The number of aromatic nitrogens is 1. The lowest BCUT2D eigenvalue weighted by atomic mass is 9.93.